The van der Waals surface area contributed by atoms with Crippen molar-refractivity contribution < 1.29 is 32.2 Å². The number of esters is 1. The van der Waals surface area contributed by atoms with Gasteiger partial charge in [0.15, 0.2) is 0 Å². The molecule has 1 N–H and O–H groups in total. The average molecular weight is 331 g/mol. The normalized spacial score (nSPS) is 19.1. The largest absolute Gasteiger partial charge is 0.480 e. The Balaban J connectivity index is 2.58. The van der Waals surface area contributed by atoms with Gasteiger partial charge in [0.05, 0.1) is 12.0 Å². The number of ether oxygens (including phenoxy) is 1. The highest BCUT2D eigenvalue weighted by atomic mass is 32.2. The average Bonchev–Trinajstić information content (AvgIpc) is 2.96. The monoisotopic (exact) mass is 331 g/mol. The second kappa shape index (κ2) is 6.01. The van der Waals surface area contributed by atoms with Crippen molar-refractivity contribution in [2.75, 3.05) is 13.7 Å². The van der Waals surface area contributed by atoms with E-state index in [4.69, 9.17) is 5.11 Å². The summed E-state index contributed by atoms with van der Waals surface area (Å²) in [6, 6.07) is 1.91. The number of methoxy groups -OCH3 is 1. The van der Waals surface area contributed by atoms with E-state index in [0.717, 1.165) is 29.6 Å². The van der Waals surface area contributed by atoms with Crippen LogP contribution >= 0.6 is 0 Å². The number of carboxylic acids is 1. The Kier molecular flexibility index (Phi) is 4.47. The fourth-order valence-corrected chi connectivity index (χ4v) is 4.26. The maximum absolute atomic E-state index is 13.9. The summed E-state index contributed by atoms with van der Waals surface area (Å²) in [6.45, 7) is -0.00355. The smallest absolute Gasteiger partial charge is 0.342 e. The lowest BCUT2D eigenvalue weighted by Crippen LogP contribution is -2.41. The van der Waals surface area contributed by atoms with Crippen LogP contribution in [0.15, 0.2) is 23.1 Å². The van der Waals surface area contributed by atoms with Crippen LogP contribution in [0.2, 0.25) is 0 Å². The minimum atomic E-state index is -4.33. The molecule has 1 aliphatic rings. The minimum Gasteiger partial charge on any atom is -0.480 e. The molecule has 22 heavy (non-hydrogen) atoms. The molecule has 1 atom stereocenters. The van der Waals surface area contributed by atoms with E-state index in [2.05, 4.69) is 4.74 Å². The molecule has 1 unspecified atom stereocenters. The van der Waals surface area contributed by atoms with Crippen molar-refractivity contribution in [3.8, 4) is 0 Å². The molecule has 1 heterocycles. The molecule has 0 bridgehead atoms. The summed E-state index contributed by atoms with van der Waals surface area (Å²) in [6.07, 6.45) is 0.538. The molecule has 1 aromatic carbocycles. The summed E-state index contributed by atoms with van der Waals surface area (Å²) in [5, 5.41) is 9.10. The molecule has 7 nitrogen and oxygen atoms in total. The fraction of sp³-hybridized carbons (Fsp3) is 0.385. The topological polar surface area (TPSA) is 101 Å². The third-order valence-corrected chi connectivity index (χ3v) is 5.39. The van der Waals surface area contributed by atoms with Gasteiger partial charge < -0.3 is 9.84 Å². The first kappa shape index (κ1) is 16.4. The van der Waals surface area contributed by atoms with Crippen LogP contribution < -0.4 is 0 Å². The van der Waals surface area contributed by atoms with Crippen LogP contribution in [0.4, 0.5) is 4.39 Å². The second-order valence-corrected chi connectivity index (χ2v) is 6.58. The Bertz CT molecular complexity index is 717. The molecule has 0 amide bonds. The Morgan fingerprint density at radius 1 is 1.41 bits per heavy atom. The van der Waals surface area contributed by atoms with Crippen molar-refractivity contribution in [2.24, 2.45) is 0 Å². The highest BCUT2D eigenvalue weighted by Crippen LogP contribution is 2.29. The van der Waals surface area contributed by atoms with Gasteiger partial charge in [-0.3, -0.25) is 4.79 Å². The number of benzene rings is 1. The number of hydrogen-bond donors (Lipinski definition) is 1. The Labute approximate surface area is 126 Å². The van der Waals surface area contributed by atoms with Crippen LogP contribution in [0.3, 0.4) is 0 Å². The zero-order valence-corrected chi connectivity index (χ0v) is 12.5. The van der Waals surface area contributed by atoms with Crippen LogP contribution in [-0.4, -0.2) is 49.5 Å². The quantitative estimate of drug-likeness (QED) is 0.821. The molecule has 1 fully saturated rings. The van der Waals surface area contributed by atoms with Crippen LogP contribution in [-0.2, 0) is 19.6 Å². The van der Waals surface area contributed by atoms with Gasteiger partial charge in [0.2, 0.25) is 10.0 Å². The van der Waals surface area contributed by atoms with Crippen molar-refractivity contribution in [1.29, 1.82) is 0 Å². The second-order valence-electron chi connectivity index (χ2n) is 4.72. The van der Waals surface area contributed by atoms with E-state index in [1.165, 1.54) is 0 Å². The van der Waals surface area contributed by atoms with Gasteiger partial charge in [0.25, 0.3) is 0 Å². The molecular formula is C13H14FNO6S. The van der Waals surface area contributed by atoms with E-state index >= 15 is 0 Å². The summed E-state index contributed by atoms with van der Waals surface area (Å²) in [5.41, 5.74) is -0.721. The first-order valence-electron chi connectivity index (χ1n) is 6.42. The molecule has 9 heteroatoms. The summed E-state index contributed by atoms with van der Waals surface area (Å²) in [7, 11) is -3.33. The first-order valence-corrected chi connectivity index (χ1v) is 7.86. The van der Waals surface area contributed by atoms with Crippen molar-refractivity contribution in [1.82, 2.24) is 4.31 Å². The fourth-order valence-electron chi connectivity index (χ4n) is 2.42. The molecule has 1 saturated heterocycles. The number of sulfonamides is 1. The first-order chi connectivity index (χ1) is 10.3. The molecule has 2 rings (SSSR count). The van der Waals surface area contributed by atoms with Gasteiger partial charge in [-0.15, -0.1) is 0 Å². The van der Waals surface area contributed by atoms with Gasteiger partial charge >= 0.3 is 11.9 Å². The lowest BCUT2D eigenvalue weighted by Gasteiger charge is -2.22. The Morgan fingerprint density at radius 3 is 2.68 bits per heavy atom. The molecule has 0 radical (unpaired) electrons. The van der Waals surface area contributed by atoms with Crippen molar-refractivity contribution in [3.63, 3.8) is 0 Å². The van der Waals surface area contributed by atoms with Crippen molar-refractivity contribution >= 4 is 22.0 Å². The maximum atomic E-state index is 13.9. The van der Waals surface area contributed by atoms with E-state index in [0.29, 0.717) is 6.42 Å². The Hall–Kier alpha value is -2.00. The molecular weight excluding hydrogens is 317 g/mol. The molecule has 0 spiro atoms. The van der Waals surface area contributed by atoms with E-state index in [1.54, 1.807) is 0 Å². The predicted octanol–water partition coefficient (Wildman–Crippen LogP) is 0.850. The van der Waals surface area contributed by atoms with Crippen molar-refractivity contribution in [2.45, 2.75) is 23.8 Å². The van der Waals surface area contributed by atoms with Crippen LogP contribution in [0.1, 0.15) is 23.2 Å². The number of halogens is 1. The number of hydrogen-bond acceptors (Lipinski definition) is 5. The third-order valence-electron chi connectivity index (χ3n) is 3.44. The lowest BCUT2D eigenvalue weighted by molar-refractivity contribution is -0.140. The number of aliphatic carboxylic acids is 1. The molecule has 0 saturated carbocycles. The van der Waals surface area contributed by atoms with Gasteiger partial charge in [0.1, 0.15) is 17.4 Å². The SMILES string of the molecule is COC(=O)c1c(F)cccc1S(=O)(=O)N1CCCC1C(=O)O. The number of rotatable bonds is 4. The van der Waals surface area contributed by atoms with Gasteiger partial charge in [-0.05, 0) is 25.0 Å². The minimum absolute atomic E-state index is 0.00355. The molecule has 0 aromatic heterocycles. The van der Waals surface area contributed by atoms with Crippen LogP contribution in [0, 0.1) is 5.82 Å². The zero-order valence-electron chi connectivity index (χ0n) is 11.7. The molecule has 1 aliphatic heterocycles. The summed E-state index contributed by atoms with van der Waals surface area (Å²) in [4.78, 5) is 22.2. The van der Waals surface area contributed by atoms with Gasteiger partial charge in [-0.2, -0.15) is 4.31 Å². The molecule has 120 valence electrons. The summed E-state index contributed by atoms with van der Waals surface area (Å²) in [5.74, 6) is -3.46. The molecule has 0 aliphatic carbocycles. The van der Waals surface area contributed by atoms with Crippen LogP contribution in [0.5, 0.6) is 0 Å². The maximum Gasteiger partial charge on any atom is 0.342 e. The zero-order chi connectivity index (χ0) is 16.5. The van der Waals surface area contributed by atoms with Gasteiger partial charge in [-0.25, -0.2) is 17.6 Å². The van der Waals surface area contributed by atoms with E-state index in [-0.39, 0.29) is 13.0 Å². The highest BCUT2D eigenvalue weighted by Gasteiger charge is 2.41. The van der Waals surface area contributed by atoms with Gasteiger partial charge in [0, 0.05) is 6.54 Å². The van der Waals surface area contributed by atoms with Crippen molar-refractivity contribution in [3.05, 3.63) is 29.6 Å². The number of nitrogens with zero attached hydrogens (tertiary/aromatic N) is 1. The Morgan fingerprint density at radius 2 is 2.09 bits per heavy atom. The number of carbonyl (C=O) groups excluding carboxylic acids is 1. The highest BCUT2D eigenvalue weighted by molar-refractivity contribution is 7.89. The number of carboxylic acid groups (broad SMARTS) is 1. The summed E-state index contributed by atoms with van der Waals surface area (Å²) < 4.78 is 44.3. The van der Waals surface area contributed by atoms with Crippen LogP contribution in [0.25, 0.3) is 0 Å². The predicted molar refractivity (Wildman–Crippen MR) is 72.3 cm³/mol. The standard InChI is InChI=1S/C13H14FNO6S/c1-21-13(18)11-8(14)4-2-6-10(11)22(19,20)15-7-3-5-9(15)12(16)17/h2,4,6,9H,3,5,7H2,1H3,(H,16,17). The van der Waals surface area contributed by atoms with Gasteiger partial charge in [-0.1, -0.05) is 6.07 Å². The van der Waals surface area contributed by atoms with E-state index < -0.39 is 44.3 Å². The molecule has 1 aromatic rings. The van der Waals surface area contributed by atoms with E-state index in [1.807, 2.05) is 0 Å². The number of carbonyl (C=O) groups is 2. The third kappa shape index (κ3) is 2.69. The summed E-state index contributed by atoms with van der Waals surface area (Å²) >= 11 is 0. The van der Waals surface area contributed by atoms with E-state index in [9.17, 15) is 22.4 Å². The lowest BCUT2D eigenvalue weighted by atomic mass is 10.2.